The highest BCUT2D eigenvalue weighted by Gasteiger charge is 2.23. The highest BCUT2D eigenvalue weighted by molar-refractivity contribution is 6.40. The molecule has 0 fully saturated rings. The van der Waals surface area contributed by atoms with E-state index in [4.69, 9.17) is 50.3 Å². The summed E-state index contributed by atoms with van der Waals surface area (Å²) in [6.45, 7) is 3.86. The molecule has 0 atom stereocenters. The molecule has 3 N–H and O–H groups in total. The van der Waals surface area contributed by atoms with Crippen molar-refractivity contribution >= 4 is 57.6 Å². The van der Waals surface area contributed by atoms with E-state index < -0.39 is 6.03 Å². The largest absolute Gasteiger partial charge is 0.495 e. The van der Waals surface area contributed by atoms with Crippen LogP contribution in [0.15, 0.2) is 35.1 Å². The van der Waals surface area contributed by atoms with Gasteiger partial charge in [-0.05, 0) is 35.7 Å². The number of aromatic nitrogens is 4. The van der Waals surface area contributed by atoms with Gasteiger partial charge in [-0.2, -0.15) is 5.10 Å². The highest BCUT2D eigenvalue weighted by atomic mass is 35.5. The standard InChI is InChI=1S/C24H23Cl3N6O3/c1-11(2)20-19-22(33(31-20)21-14(26)9-13(25)10-15(21)27)29-18(30-23(19)34)8-12-5-6-16(17(7-12)36-4)32(3)24(28)35/h5-7,9-11H,8H2,1-4H3,(H2,28,35)(H,29,30,34). The predicted octanol–water partition coefficient (Wildman–Crippen LogP) is 5.31. The molecule has 36 heavy (non-hydrogen) atoms. The molecule has 0 bridgehead atoms. The number of nitrogens with one attached hydrogen (secondary N) is 1. The molecule has 2 amide bonds. The van der Waals surface area contributed by atoms with Crippen molar-refractivity contribution in [3.05, 3.63) is 72.8 Å². The molecule has 2 heterocycles. The van der Waals surface area contributed by atoms with Crippen molar-refractivity contribution in [3.63, 3.8) is 0 Å². The van der Waals surface area contributed by atoms with Crippen molar-refractivity contribution in [2.75, 3.05) is 19.1 Å². The molecule has 0 radical (unpaired) electrons. The number of aromatic amines is 1. The van der Waals surface area contributed by atoms with Gasteiger partial charge in [0.05, 0.1) is 28.5 Å². The van der Waals surface area contributed by atoms with Crippen LogP contribution in [0.3, 0.4) is 0 Å². The minimum absolute atomic E-state index is 0.0635. The maximum atomic E-state index is 13.2. The van der Waals surface area contributed by atoms with Gasteiger partial charge in [-0.1, -0.05) is 54.7 Å². The fourth-order valence-corrected chi connectivity index (χ4v) is 4.87. The summed E-state index contributed by atoms with van der Waals surface area (Å²) >= 11 is 19.0. The number of methoxy groups -OCH3 is 1. The molecule has 0 aliphatic rings. The van der Waals surface area contributed by atoms with Gasteiger partial charge in [0, 0.05) is 18.5 Å². The zero-order valence-corrected chi connectivity index (χ0v) is 22.2. The molecule has 188 valence electrons. The lowest BCUT2D eigenvalue weighted by Gasteiger charge is -2.18. The van der Waals surface area contributed by atoms with Gasteiger partial charge in [0.25, 0.3) is 5.56 Å². The molecule has 4 aromatic rings. The lowest BCUT2D eigenvalue weighted by Crippen LogP contribution is -2.32. The van der Waals surface area contributed by atoms with Gasteiger partial charge in [-0.15, -0.1) is 0 Å². The molecule has 0 saturated carbocycles. The summed E-state index contributed by atoms with van der Waals surface area (Å²) < 4.78 is 6.92. The second kappa shape index (κ2) is 10.0. The summed E-state index contributed by atoms with van der Waals surface area (Å²) in [5.74, 6) is 0.777. The lowest BCUT2D eigenvalue weighted by molar-refractivity contribution is 0.255. The molecule has 0 saturated heterocycles. The molecule has 9 nitrogen and oxygen atoms in total. The second-order valence-corrected chi connectivity index (χ2v) is 9.71. The van der Waals surface area contributed by atoms with Gasteiger partial charge in [0.15, 0.2) is 5.65 Å². The Balaban J connectivity index is 1.86. The van der Waals surface area contributed by atoms with Gasteiger partial charge in [0.2, 0.25) is 0 Å². The maximum absolute atomic E-state index is 13.2. The Hall–Kier alpha value is -3.27. The number of fused-ring (bicyclic) bond motifs is 1. The molecule has 0 aliphatic heterocycles. The Bertz CT molecular complexity index is 1520. The van der Waals surface area contributed by atoms with Crippen LogP contribution >= 0.6 is 34.8 Å². The Morgan fingerprint density at radius 1 is 1.19 bits per heavy atom. The van der Waals surface area contributed by atoms with E-state index in [0.29, 0.717) is 44.7 Å². The summed E-state index contributed by atoms with van der Waals surface area (Å²) in [6, 6.07) is 7.75. The average Bonchev–Trinajstić information content (AvgIpc) is 3.18. The molecule has 12 heteroatoms. The number of amides is 2. The number of benzene rings is 2. The Morgan fingerprint density at radius 2 is 1.86 bits per heavy atom. The van der Waals surface area contributed by atoms with Crippen LogP contribution in [0.5, 0.6) is 5.75 Å². The number of carbonyl (C=O) groups is 1. The zero-order chi connectivity index (χ0) is 26.3. The highest BCUT2D eigenvalue weighted by Crippen LogP contribution is 2.35. The van der Waals surface area contributed by atoms with Crippen LogP contribution in [0.4, 0.5) is 10.5 Å². The van der Waals surface area contributed by atoms with Crippen LogP contribution < -0.4 is 20.9 Å². The fourth-order valence-electron chi connectivity index (χ4n) is 3.90. The molecule has 2 aromatic carbocycles. The van der Waals surface area contributed by atoms with Crippen LogP contribution in [0, 0.1) is 0 Å². The summed E-state index contributed by atoms with van der Waals surface area (Å²) in [6.07, 6.45) is 0.270. The van der Waals surface area contributed by atoms with Crippen LogP contribution in [-0.2, 0) is 6.42 Å². The first kappa shape index (κ1) is 25.8. The summed E-state index contributed by atoms with van der Waals surface area (Å²) in [5.41, 5.74) is 7.61. The Kier molecular flexibility index (Phi) is 7.17. The van der Waals surface area contributed by atoms with E-state index >= 15 is 0 Å². The summed E-state index contributed by atoms with van der Waals surface area (Å²) in [4.78, 5) is 33.6. The second-order valence-electron chi connectivity index (χ2n) is 8.46. The molecule has 0 aliphatic carbocycles. The number of nitrogens with zero attached hydrogens (tertiary/aromatic N) is 4. The van der Waals surface area contributed by atoms with Gasteiger partial charge >= 0.3 is 6.03 Å². The number of hydrogen-bond donors (Lipinski definition) is 2. The molecule has 0 spiro atoms. The van der Waals surface area contributed by atoms with Crippen LogP contribution in [0.1, 0.15) is 36.8 Å². The Labute approximate surface area is 221 Å². The lowest BCUT2D eigenvalue weighted by atomic mass is 10.1. The Morgan fingerprint density at radius 3 is 2.44 bits per heavy atom. The van der Waals surface area contributed by atoms with Crippen molar-refractivity contribution in [1.29, 1.82) is 0 Å². The quantitative estimate of drug-likeness (QED) is 0.338. The molecule has 4 rings (SSSR count). The number of rotatable bonds is 6. The van der Waals surface area contributed by atoms with E-state index in [-0.39, 0.29) is 27.9 Å². The minimum atomic E-state index is -0.619. The van der Waals surface area contributed by atoms with Crippen molar-refractivity contribution in [1.82, 2.24) is 19.7 Å². The van der Waals surface area contributed by atoms with E-state index in [1.807, 2.05) is 13.8 Å². The normalized spacial score (nSPS) is 11.3. The van der Waals surface area contributed by atoms with E-state index in [1.165, 1.54) is 16.7 Å². The minimum Gasteiger partial charge on any atom is -0.495 e. The predicted molar refractivity (Wildman–Crippen MR) is 142 cm³/mol. The molecular weight excluding hydrogens is 527 g/mol. The molecular formula is C24H23Cl3N6O3. The fraction of sp³-hybridized carbons (Fsp3) is 0.250. The third-order valence-electron chi connectivity index (χ3n) is 5.66. The third kappa shape index (κ3) is 4.74. The van der Waals surface area contributed by atoms with Crippen LogP contribution in [0.2, 0.25) is 15.1 Å². The smallest absolute Gasteiger partial charge is 0.319 e. The number of ether oxygens (including phenoxy) is 1. The third-order valence-corrected chi connectivity index (χ3v) is 6.46. The first-order valence-electron chi connectivity index (χ1n) is 10.9. The van der Waals surface area contributed by atoms with Crippen molar-refractivity contribution in [2.24, 2.45) is 5.73 Å². The number of urea groups is 1. The monoisotopic (exact) mass is 548 g/mol. The number of carbonyl (C=O) groups excluding carboxylic acids is 1. The van der Waals surface area contributed by atoms with Crippen LogP contribution in [0.25, 0.3) is 16.7 Å². The zero-order valence-electron chi connectivity index (χ0n) is 19.9. The number of nitrogens with two attached hydrogens (primary N) is 1. The molecule has 0 unspecified atom stereocenters. The summed E-state index contributed by atoms with van der Waals surface area (Å²) in [5, 5.41) is 5.92. The first-order valence-corrected chi connectivity index (χ1v) is 12.0. The van der Waals surface area contributed by atoms with E-state index in [0.717, 1.165) is 5.56 Å². The maximum Gasteiger partial charge on any atom is 0.319 e. The van der Waals surface area contributed by atoms with Gasteiger partial charge < -0.3 is 15.5 Å². The van der Waals surface area contributed by atoms with Crippen LogP contribution in [-0.4, -0.2) is 39.9 Å². The van der Waals surface area contributed by atoms with Gasteiger partial charge in [-0.3, -0.25) is 9.69 Å². The molecule has 2 aromatic heterocycles. The number of hydrogen-bond acceptors (Lipinski definition) is 5. The van der Waals surface area contributed by atoms with E-state index in [9.17, 15) is 9.59 Å². The number of anilines is 1. The SMILES string of the molecule is COc1cc(Cc2nc3c(c(C(C)C)nn3-c3c(Cl)cc(Cl)cc3Cl)c(=O)[nH]2)ccc1N(C)C(N)=O. The average molecular weight is 550 g/mol. The van der Waals surface area contributed by atoms with E-state index in [1.54, 1.807) is 37.4 Å². The number of H-pyrrole nitrogens is 1. The number of primary amides is 1. The van der Waals surface area contributed by atoms with Gasteiger partial charge in [-0.25, -0.2) is 14.5 Å². The topological polar surface area (TPSA) is 119 Å². The van der Waals surface area contributed by atoms with E-state index in [2.05, 4.69) is 10.1 Å². The van der Waals surface area contributed by atoms with Crippen molar-refractivity contribution < 1.29 is 9.53 Å². The van der Waals surface area contributed by atoms with Crippen molar-refractivity contribution in [3.8, 4) is 11.4 Å². The van der Waals surface area contributed by atoms with Gasteiger partial charge in [0.1, 0.15) is 22.6 Å². The number of halogens is 3. The first-order chi connectivity index (χ1) is 17.0. The van der Waals surface area contributed by atoms with Crippen molar-refractivity contribution in [2.45, 2.75) is 26.2 Å². The summed E-state index contributed by atoms with van der Waals surface area (Å²) in [7, 11) is 3.04.